The summed E-state index contributed by atoms with van der Waals surface area (Å²) in [5.41, 5.74) is 6.68. The molecule has 1 saturated heterocycles. The van der Waals surface area contributed by atoms with E-state index in [4.69, 9.17) is 10.5 Å². The summed E-state index contributed by atoms with van der Waals surface area (Å²) in [6, 6.07) is 4.90. The van der Waals surface area contributed by atoms with Gasteiger partial charge in [0.2, 0.25) is 5.91 Å². The lowest BCUT2D eigenvalue weighted by molar-refractivity contribution is -0.119. The van der Waals surface area contributed by atoms with E-state index in [1.54, 1.807) is 18.2 Å². The van der Waals surface area contributed by atoms with Crippen LogP contribution in [-0.2, 0) is 14.6 Å². The molecule has 0 aliphatic carbocycles. The molecule has 2 rings (SSSR count). The Bertz CT molecular complexity index is 598. The van der Waals surface area contributed by atoms with Crippen molar-refractivity contribution in [1.29, 1.82) is 0 Å². The quantitative estimate of drug-likeness (QED) is 0.794. The van der Waals surface area contributed by atoms with Crippen LogP contribution in [0.5, 0.6) is 5.75 Å². The van der Waals surface area contributed by atoms with E-state index < -0.39 is 15.8 Å². The fourth-order valence-electron chi connectivity index (χ4n) is 2.06. The second kappa shape index (κ2) is 5.08. The highest BCUT2D eigenvalue weighted by atomic mass is 32.2. The van der Waals surface area contributed by atoms with E-state index in [0.717, 1.165) is 0 Å². The number of nitrogens with two attached hydrogens (primary N) is 1. The number of carbonyl (C=O) groups excluding carboxylic acids is 1. The van der Waals surface area contributed by atoms with E-state index in [1.807, 2.05) is 0 Å². The minimum Gasteiger partial charge on any atom is -0.495 e. The van der Waals surface area contributed by atoms with E-state index in [2.05, 4.69) is 5.32 Å². The highest BCUT2D eigenvalue weighted by molar-refractivity contribution is 7.91. The van der Waals surface area contributed by atoms with Gasteiger partial charge in [0.15, 0.2) is 9.84 Å². The van der Waals surface area contributed by atoms with Crippen LogP contribution >= 0.6 is 0 Å². The van der Waals surface area contributed by atoms with Crippen molar-refractivity contribution in [2.45, 2.75) is 6.42 Å². The van der Waals surface area contributed by atoms with E-state index in [1.165, 1.54) is 7.11 Å². The standard InChI is InChI=1S/C12H16N2O4S/c1-18-11-3-2-9(6-10(11)13)14-12(15)8-4-5-19(16,17)7-8/h2-3,6,8H,4-5,7,13H2,1H3,(H,14,15). The van der Waals surface area contributed by atoms with Crippen LogP contribution < -0.4 is 15.8 Å². The van der Waals surface area contributed by atoms with E-state index in [0.29, 0.717) is 23.5 Å². The molecule has 1 fully saturated rings. The maximum absolute atomic E-state index is 11.9. The van der Waals surface area contributed by atoms with Crippen molar-refractivity contribution in [3.05, 3.63) is 18.2 Å². The fraction of sp³-hybridized carbons (Fsp3) is 0.417. The molecule has 0 saturated carbocycles. The van der Waals surface area contributed by atoms with Gasteiger partial charge < -0.3 is 15.8 Å². The molecule has 1 aliphatic heterocycles. The maximum atomic E-state index is 11.9. The largest absolute Gasteiger partial charge is 0.495 e. The molecular formula is C12H16N2O4S. The summed E-state index contributed by atoms with van der Waals surface area (Å²) in [6.45, 7) is 0. The highest BCUT2D eigenvalue weighted by Crippen LogP contribution is 2.26. The van der Waals surface area contributed by atoms with Gasteiger partial charge in [-0.15, -0.1) is 0 Å². The molecule has 1 aliphatic rings. The van der Waals surface area contributed by atoms with E-state index in [-0.39, 0.29) is 17.4 Å². The Morgan fingerprint density at radius 3 is 2.74 bits per heavy atom. The lowest BCUT2D eigenvalue weighted by Gasteiger charge is -2.11. The molecule has 0 aromatic heterocycles. The van der Waals surface area contributed by atoms with Gasteiger partial charge in [0.1, 0.15) is 5.75 Å². The number of sulfone groups is 1. The summed E-state index contributed by atoms with van der Waals surface area (Å²) in [7, 11) is -1.55. The van der Waals surface area contributed by atoms with Crippen LogP contribution in [0.1, 0.15) is 6.42 Å². The summed E-state index contributed by atoms with van der Waals surface area (Å²) in [5.74, 6) is -0.235. The van der Waals surface area contributed by atoms with Crippen molar-refractivity contribution in [3.8, 4) is 5.75 Å². The third-order valence-corrected chi connectivity index (χ3v) is 4.87. The summed E-state index contributed by atoms with van der Waals surface area (Å²) < 4.78 is 27.7. The summed E-state index contributed by atoms with van der Waals surface area (Å²) >= 11 is 0. The van der Waals surface area contributed by atoms with Gasteiger partial charge in [-0.3, -0.25) is 4.79 Å². The zero-order valence-electron chi connectivity index (χ0n) is 10.5. The van der Waals surface area contributed by atoms with Gasteiger partial charge in [0, 0.05) is 5.69 Å². The molecule has 0 spiro atoms. The molecule has 0 bridgehead atoms. The number of anilines is 2. The third-order valence-electron chi connectivity index (χ3n) is 3.10. The summed E-state index contributed by atoms with van der Waals surface area (Å²) in [5, 5.41) is 2.67. The number of ether oxygens (including phenoxy) is 1. The number of nitrogens with one attached hydrogen (secondary N) is 1. The Kier molecular flexibility index (Phi) is 3.66. The lowest BCUT2D eigenvalue weighted by atomic mass is 10.1. The Morgan fingerprint density at radius 1 is 1.47 bits per heavy atom. The zero-order chi connectivity index (χ0) is 14.0. The molecule has 19 heavy (non-hydrogen) atoms. The molecule has 1 atom stereocenters. The van der Waals surface area contributed by atoms with Crippen molar-refractivity contribution >= 4 is 27.1 Å². The average Bonchev–Trinajstić information content (AvgIpc) is 2.70. The molecule has 7 heteroatoms. The van der Waals surface area contributed by atoms with Gasteiger partial charge in [-0.1, -0.05) is 0 Å². The number of amides is 1. The van der Waals surface area contributed by atoms with E-state index >= 15 is 0 Å². The van der Waals surface area contributed by atoms with Gasteiger partial charge in [0.25, 0.3) is 0 Å². The monoisotopic (exact) mass is 284 g/mol. The van der Waals surface area contributed by atoms with Crippen LogP contribution in [0.4, 0.5) is 11.4 Å². The molecule has 1 aromatic carbocycles. The Balaban J connectivity index is 2.05. The Labute approximate surface area is 111 Å². The first-order valence-electron chi connectivity index (χ1n) is 5.86. The Morgan fingerprint density at radius 2 is 2.21 bits per heavy atom. The first-order valence-corrected chi connectivity index (χ1v) is 7.68. The van der Waals surface area contributed by atoms with Crippen molar-refractivity contribution in [1.82, 2.24) is 0 Å². The molecule has 1 amide bonds. The van der Waals surface area contributed by atoms with Crippen molar-refractivity contribution in [3.63, 3.8) is 0 Å². The second-order valence-corrected chi connectivity index (χ2v) is 6.77. The van der Waals surface area contributed by atoms with Crippen LogP contribution in [0.25, 0.3) is 0 Å². The maximum Gasteiger partial charge on any atom is 0.228 e. The van der Waals surface area contributed by atoms with Crippen LogP contribution in [0, 0.1) is 5.92 Å². The van der Waals surface area contributed by atoms with Gasteiger partial charge in [0.05, 0.1) is 30.2 Å². The molecule has 104 valence electrons. The topological polar surface area (TPSA) is 98.5 Å². The molecule has 1 heterocycles. The van der Waals surface area contributed by atoms with Crippen molar-refractivity contribution < 1.29 is 17.9 Å². The predicted molar refractivity (Wildman–Crippen MR) is 72.8 cm³/mol. The summed E-state index contributed by atoms with van der Waals surface area (Å²) in [6.07, 6.45) is 0.375. The zero-order valence-corrected chi connectivity index (χ0v) is 11.4. The van der Waals surface area contributed by atoms with Crippen LogP contribution in [0.3, 0.4) is 0 Å². The highest BCUT2D eigenvalue weighted by Gasteiger charge is 2.32. The second-order valence-electron chi connectivity index (χ2n) is 4.55. The number of rotatable bonds is 3. The lowest BCUT2D eigenvalue weighted by Crippen LogP contribution is -2.23. The summed E-state index contributed by atoms with van der Waals surface area (Å²) in [4.78, 5) is 11.9. The molecule has 1 unspecified atom stereocenters. The minimum atomic E-state index is -3.06. The number of hydrogen-bond acceptors (Lipinski definition) is 5. The van der Waals surface area contributed by atoms with E-state index in [9.17, 15) is 13.2 Å². The molecule has 1 aromatic rings. The normalized spacial score (nSPS) is 21.0. The smallest absolute Gasteiger partial charge is 0.228 e. The first kappa shape index (κ1) is 13.7. The molecule has 3 N–H and O–H groups in total. The van der Waals surface area contributed by atoms with Gasteiger partial charge in [-0.05, 0) is 24.6 Å². The van der Waals surface area contributed by atoms with Crippen LogP contribution in [0.15, 0.2) is 18.2 Å². The molecule has 6 nitrogen and oxygen atoms in total. The number of benzene rings is 1. The van der Waals surface area contributed by atoms with Gasteiger partial charge in [-0.25, -0.2) is 8.42 Å². The third kappa shape index (κ3) is 3.17. The van der Waals surface area contributed by atoms with Gasteiger partial charge in [-0.2, -0.15) is 0 Å². The van der Waals surface area contributed by atoms with Gasteiger partial charge >= 0.3 is 0 Å². The number of carbonyl (C=O) groups is 1. The number of hydrogen-bond donors (Lipinski definition) is 2. The SMILES string of the molecule is COc1ccc(NC(=O)C2CCS(=O)(=O)C2)cc1N. The number of methoxy groups -OCH3 is 1. The molecular weight excluding hydrogens is 268 g/mol. The average molecular weight is 284 g/mol. The minimum absolute atomic E-state index is 0.0789. The molecule has 0 radical (unpaired) electrons. The predicted octanol–water partition coefficient (Wildman–Crippen LogP) is 0.651. The Hall–Kier alpha value is -1.76. The van der Waals surface area contributed by atoms with Crippen molar-refractivity contribution in [2.24, 2.45) is 5.92 Å². The van der Waals surface area contributed by atoms with Crippen LogP contribution in [0.2, 0.25) is 0 Å². The number of nitrogen functional groups attached to an aromatic ring is 1. The fourth-order valence-corrected chi connectivity index (χ4v) is 3.80. The first-order chi connectivity index (χ1) is 8.91. The van der Waals surface area contributed by atoms with Crippen molar-refractivity contribution in [2.75, 3.05) is 29.7 Å². The van der Waals surface area contributed by atoms with Crippen LogP contribution in [-0.4, -0.2) is 32.9 Å².